The zero-order valence-electron chi connectivity index (χ0n) is 18.4. The molecule has 2 saturated heterocycles. The van der Waals surface area contributed by atoms with Crippen molar-refractivity contribution in [2.75, 3.05) is 25.1 Å². The third-order valence-corrected chi connectivity index (χ3v) is 6.14. The molecule has 4 atom stereocenters. The SMILES string of the molecule is OCC/C=C/c1cc(F)c(CNc2nc3nc(O[C@@H]4COC5[C@H](O)CO[C@@H]54)[nH]c3cc2Cl)c(F)c1. The van der Waals surface area contributed by atoms with Crippen molar-refractivity contribution in [1.82, 2.24) is 15.0 Å². The van der Waals surface area contributed by atoms with E-state index in [1.54, 1.807) is 18.2 Å². The Bertz CT molecular complexity index is 1230. The van der Waals surface area contributed by atoms with E-state index in [0.29, 0.717) is 23.1 Å². The number of hydrogen-bond donors (Lipinski definition) is 4. The first-order chi connectivity index (χ1) is 16.9. The minimum Gasteiger partial charge on any atom is -0.456 e. The van der Waals surface area contributed by atoms with Crippen LogP contribution < -0.4 is 10.1 Å². The minimum absolute atomic E-state index is 0.0419. The number of H-pyrrole nitrogens is 1. The number of hydrogen-bond acceptors (Lipinski definition) is 8. The number of aliphatic hydroxyl groups excluding tert-OH is 2. The predicted octanol–water partition coefficient (Wildman–Crippen LogP) is 2.80. The summed E-state index contributed by atoms with van der Waals surface area (Å²) in [6.45, 7) is 0.204. The molecule has 186 valence electrons. The lowest BCUT2D eigenvalue weighted by molar-refractivity contribution is 0.00706. The number of ether oxygens (including phenoxy) is 3. The van der Waals surface area contributed by atoms with E-state index in [0.717, 1.165) is 0 Å². The van der Waals surface area contributed by atoms with E-state index in [2.05, 4.69) is 20.3 Å². The first-order valence-electron chi connectivity index (χ1n) is 11.1. The summed E-state index contributed by atoms with van der Waals surface area (Å²) in [6.07, 6.45) is 1.61. The summed E-state index contributed by atoms with van der Waals surface area (Å²) in [5, 5.41) is 21.8. The molecule has 3 aromatic rings. The van der Waals surface area contributed by atoms with Crippen LogP contribution in [-0.4, -0.2) is 69.4 Å². The van der Waals surface area contributed by atoms with Crippen LogP contribution in [0, 0.1) is 11.6 Å². The van der Waals surface area contributed by atoms with Crippen molar-refractivity contribution in [2.24, 2.45) is 0 Å². The van der Waals surface area contributed by atoms with Crippen molar-refractivity contribution in [1.29, 1.82) is 0 Å². The van der Waals surface area contributed by atoms with Gasteiger partial charge in [0.05, 0.1) is 23.8 Å². The third-order valence-electron chi connectivity index (χ3n) is 5.85. The minimum atomic E-state index is -0.717. The van der Waals surface area contributed by atoms with Gasteiger partial charge in [-0.1, -0.05) is 23.8 Å². The Morgan fingerprint density at radius 1 is 1.17 bits per heavy atom. The molecule has 0 bridgehead atoms. The van der Waals surface area contributed by atoms with Crippen LogP contribution in [0.4, 0.5) is 14.6 Å². The van der Waals surface area contributed by atoms with Crippen molar-refractivity contribution in [3.63, 3.8) is 0 Å². The summed E-state index contributed by atoms with van der Waals surface area (Å²) in [7, 11) is 0. The fraction of sp³-hybridized carbons (Fsp3) is 0.391. The predicted molar refractivity (Wildman–Crippen MR) is 123 cm³/mol. The Labute approximate surface area is 203 Å². The maximum Gasteiger partial charge on any atom is 0.296 e. The van der Waals surface area contributed by atoms with Crippen molar-refractivity contribution in [2.45, 2.75) is 37.4 Å². The number of pyridine rings is 1. The van der Waals surface area contributed by atoms with Gasteiger partial charge in [-0.25, -0.2) is 13.8 Å². The van der Waals surface area contributed by atoms with Crippen molar-refractivity contribution >= 4 is 34.7 Å². The average molecular weight is 509 g/mol. The number of nitrogens with one attached hydrogen (secondary N) is 2. The van der Waals surface area contributed by atoms with E-state index >= 15 is 0 Å². The van der Waals surface area contributed by atoms with Crippen LogP contribution in [0.3, 0.4) is 0 Å². The van der Waals surface area contributed by atoms with Gasteiger partial charge in [-0.15, -0.1) is 0 Å². The molecule has 35 heavy (non-hydrogen) atoms. The molecule has 4 heterocycles. The molecule has 4 N–H and O–H groups in total. The molecule has 0 saturated carbocycles. The van der Waals surface area contributed by atoms with Crippen LogP contribution in [0.5, 0.6) is 6.01 Å². The van der Waals surface area contributed by atoms with Crippen molar-refractivity contribution < 1.29 is 33.2 Å². The monoisotopic (exact) mass is 508 g/mol. The Balaban J connectivity index is 1.29. The lowest BCUT2D eigenvalue weighted by atomic mass is 10.1. The number of anilines is 1. The maximum absolute atomic E-state index is 14.5. The normalized spacial score (nSPS) is 23.9. The second-order valence-electron chi connectivity index (χ2n) is 8.28. The van der Waals surface area contributed by atoms with E-state index in [-0.39, 0.29) is 48.8 Å². The fourth-order valence-electron chi connectivity index (χ4n) is 4.12. The summed E-state index contributed by atoms with van der Waals surface area (Å²) >= 11 is 6.32. The molecule has 2 aliphatic heterocycles. The molecular weight excluding hydrogens is 486 g/mol. The molecule has 2 aromatic heterocycles. The van der Waals surface area contributed by atoms with E-state index < -0.39 is 36.1 Å². The maximum atomic E-state index is 14.5. The lowest BCUT2D eigenvalue weighted by Crippen LogP contribution is -2.34. The van der Waals surface area contributed by atoms with Gasteiger partial charge >= 0.3 is 0 Å². The molecule has 0 aliphatic carbocycles. The molecule has 1 unspecified atom stereocenters. The van der Waals surface area contributed by atoms with Gasteiger partial charge in [-0.2, -0.15) is 4.98 Å². The van der Waals surface area contributed by atoms with Gasteiger partial charge in [0.1, 0.15) is 35.8 Å². The molecule has 12 heteroatoms. The molecule has 2 aliphatic rings. The number of fused-ring (bicyclic) bond motifs is 2. The zero-order valence-corrected chi connectivity index (χ0v) is 19.1. The molecule has 0 amide bonds. The molecule has 0 spiro atoms. The number of halogens is 3. The van der Waals surface area contributed by atoms with Gasteiger partial charge in [-0.3, -0.25) is 0 Å². The number of imidazole rings is 1. The van der Waals surface area contributed by atoms with Gasteiger partial charge in [0.25, 0.3) is 6.01 Å². The number of aromatic nitrogens is 3. The number of rotatable bonds is 8. The number of aliphatic hydroxyl groups is 2. The van der Waals surface area contributed by atoms with Gasteiger partial charge in [0.2, 0.25) is 0 Å². The van der Waals surface area contributed by atoms with E-state index in [1.165, 1.54) is 12.1 Å². The Morgan fingerprint density at radius 2 is 1.94 bits per heavy atom. The topological polar surface area (TPSA) is 122 Å². The standard InChI is InChI=1S/C23H23ClF2N4O5/c24-13-7-16-22(30-23(28-16)35-18-10-34-19-17(32)9-33-20(18)19)29-21(13)27-8-12-14(25)5-11(6-15(12)26)3-1-2-4-31/h1,3,5-7,17-20,31-32H,2,4,8-10H2,(H2,27,28,29,30)/b3-1+/t17-,18-,19?,20-/m1/s1. The summed E-state index contributed by atoms with van der Waals surface area (Å²) in [5.41, 5.74) is 0.994. The highest BCUT2D eigenvalue weighted by atomic mass is 35.5. The summed E-state index contributed by atoms with van der Waals surface area (Å²) in [6, 6.07) is 4.20. The Morgan fingerprint density at radius 3 is 2.71 bits per heavy atom. The summed E-state index contributed by atoms with van der Waals surface area (Å²) < 4.78 is 46.0. The van der Waals surface area contributed by atoms with Gasteiger partial charge in [0.15, 0.2) is 11.8 Å². The number of benzene rings is 1. The van der Waals surface area contributed by atoms with Crippen LogP contribution >= 0.6 is 11.6 Å². The molecular formula is C23H23ClF2N4O5. The van der Waals surface area contributed by atoms with E-state index in [4.69, 9.17) is 30.9 Å². The van der Waals surface area contributed by atoms with Gasteiger partial charge < -0.3 is 34.7 Å². The van der Waals surface area contributed by atoms with E-state index in [1.807, 2.05) is 0 Å². The Kier molecular flexibility index (Phi) is 6.85. The highest BCUT2D eigenvalue weighted by molar-refractivity contribution is 6.33. The number of nitrogens with zero attached hydrogens (tertiary/aromatic N) is 2. The second kappa shape index (κ2) is 10.0. The Hall–Kier alpha value is -2.83. The van der Waals surface area contributed by atoms with Gasteiger partial charge in [0, 0.05) is 18.7 Å². The first kappa shape index (κ1) is 23.9. The van der Waals surface area contributed by atoms with Crippen LogP contribution in [0.15, 0.2) is 24.3 Å². The van der Waals surface area contributed by atoms with Crippen LogP contribution in [-0.2, 0) is 16.0 Å². The van der Waals surface area contributed by atoms with Gasteiger partial charge in [-0.05, 0) is 30.2 Å². The average Bonchev–Trinajstić information content (AvgIpc) is 3.50. The molecule has 1 aromatic carbocycles. The van der Waals surface area contributed by atoms with E-state index in [9.17, 15) is 13.9 Å². The molecule has 2 fully saturated rings. The van der Waals surface area contributed by atoms with Crippen LogP contribution in [0.2, 0.25) is 5.02 Å². The molecule has 5 rings (SSSR count). The summed E-state index contributed by atoms with van der Waals surface area (Å²) in [5.74, 6) is -1.23. The molecule has 9 nitrogen and oxygen atoms in total. The highest BCUT2D eigenvalue weighted by Crippen LogP contribution is 2.31. The first-order valence-corrected chi connectivity index (χ1v) is 11.4. The third kappa shape index (κ3) is 4.95. The second-order valence-corrected chi connectivity index (χ2v) is 8.69. The lowest BCUT2D eigenvalue weighted by Gasteiger charge is -2.15. The largest absolute Gasteiger partial charge is 0.456 e. The zero-order chi connectivity index (χ0) is 24.5. The van der Waals surface area contributed by atoms with Crippen LogP contribution in [0.1, 0.15) is 17.5 Å². The van der Waals surface area contributed by atoms with Crippen molar-refractivity contribution in [3.8, 4) is 6.01 Å². The highest BCUT2D eigenvalue weighted by Gasteiger charge is 2.48. The number of aromatic amines is 1. The smallest absolute Gasteiger partial charge is 0.296 e. The fourth-order valence-corrected chi connectivity index (χ4v) is 4.34. The quantitative estimate of drug-likeness (QED) is 0.366. The van der Waals surface area contributed by atoms with Crippen LogP contribution in [0.25, 0.3) is 17.2 Å². The van der Waals surface area contributed by atoms with Crippen molar-refractivity contribution in [3.05, 3.63) is 52.1 Å². The molecule has 0 radical (unpaired) electrons. The summed E-state index contributed by atoms with van der Waals surface area (Å²) in [4.78, 5) is 11.6.